The number of pyridine rings is 1. The minimum absolute atomic E-state index is 0.225. The molecule has 2 N–H and O–H groups in total. The Morgan fingerprint density at radius 1 is 1.41 bits per heavy atom. The minimum atomic E-state index is -0.225. The van der Waals surface area contributed by atoms with Crippen LogP contribution in [-0.2, 0) is 13.0 Å². The summed E-state index contributed by atoms with van der Waals surface area (Å²) in [6.45, 7) is 3.36. The SMILES string of the molecule is Cc1cnccc1CCNC(=O)Nc1nc(CN(C)C)cs1. The van der Waals surface area contributed by atoms with Gasteiger partial charge in [-0.15, -0.1) is 11.3 Å². The topological polar surface area (TPSA) is 70.1 Å². The van der Waals surface area contributed by atoms with Gasteiger partial charge in [0.2, 0.25) is 0 Å². The molecular formula is C15H21N5OS. The summed E-state index contributed by atoms with van der Waals surface area (Å²) in [7, 11) is 3.97. The molecule has 0 spiro atoms. The number of amides is 2. The standard InChI is InChI=1S/C15H21N5OS/c1-11-8-16-6-4-12(11)5-7-17-14(21)19-15-18-13(10-22-15)9-20(2)3/h4,6,8,10H,5,7,9H2,1-3H3,(H2,17,18,19,21). The van der Waals surface area contributed by atoms with Crippen molar-refractivity contribution in [2.24, 2.45) is 0 Å². The molecule has 2 rings (SSSR count). The van der Waals surface area contributed by atoms with E-state index < -0.39 is 0 Å². The minimum Gasteiger partial charge on any atom is -0.337 e. The highest BCUT2D eigenvalue weighted by Crippen LogP contribution is 2.15. The van der Waals surface area contributed by atoms with Gasteiger partial charge in [0.15, 0.2) is 5.13 Å². The Balaban J connectivity index is 1.76. The number of carbonyl (C=O) groups is 1. The van der Waals surface area contributed by atoms with Crippen LogP contribution in [-0.4, -0.2) is 41.5 Å². The van der Waals surface area contributed by atoms with Gasteiger partial charge in [-0.3, -0.25) is 10.3 Å². The van der Waals surface area contributed by atoms with Gasteiger partial charge in [0.25, 0.3) is 0 Å². The lowest BCUT2D eigenvalue weighted by Crippen LogP contribution is -2.30. The van der Waals surface area contributed by atoms with Crippen LogP contribution in [0.3, 0.4) is 0 Å². The highest BCUT2D eigenvalue weighted by atomic mass is 32.1. The number of hydrogen-bond donors (Lipinski definition) is 2. The Bertz CT molecular complexity index is 626. The number of rotatable bonds is 6. The van der Waals surface area contributed by atoms with Crippen molar-refractivity contribution in [1.82, 2.24) is 20.2 Å². The van der Waals surface area contributed by atoms with Gasteiger partial charge in [-0.25, -0.2) is 9.78 Å². The van der Waals surface area contributed by atoms with Crippen molar-refractivity contribution in [3.05, 3.63) is 40.7 Å². The molecule has 0 saturated carbocycles. The third kappa shape index (κ3) is 5.09. The second kappa shape index (κ2) is 7.86. The molecule has 7 heteroatoms. The van der Waals surface area contributed by atoms with Gasteiger partial charge < -0.3 is 10.2 Å². The zero-order valence-corrected chi connectivity index (χ0v) is 13.9. The third-order valence-electron chi connectivity index (χ3n) is 3.07. The molecule has 0 aliphatic rings. The summed E-state index contributed by atoms with van der Waals surface area (Å²) < 4.78 is 0. The maximum atomic E-state index is 11.8. The largest absolute Gasteiger partial charge is 0.337 e. The lowest BCUT2D eigenvalue weighted by molar-refractivity contribution is 0.252. The number of carbonyl (C=O) groups excluding carboxylic acids is 1. The number of nitrogens with zero attached hydrogens (tertiary/aromatic N) is 3. The molecule has 0 fully saturated rings. The van der Waals surface area contributed by atoms with Crippen LogP contribution in [0.15, 0.2) is 23.8 Å². The van der Waals surface area contributed by atoms with Crippen LogP contribution in [0.5, 0.6) is 0 Å². The predicted octanol–water partition coefficient (Wildman–Crippen LogP) is 2.27. The molecule has 0 unspecified atom stereocenters. The quantitative estimate of drug-likeness (QED) is 0.857. The lowest BCUT2D eigenvalue weighted by atomic mass is 10.1. The van der Waals surface area contributed by atoms with Crippen molar-refractivity contribution >= 4 is 22.5 Å². The first-order chi connectivity index (χ1) is 10.5. The fraction of sp³-hybridized carbons (Fsp3) is 0.400. The Morgan fingerprint density at radius 2 is 2.23 bits per heavy atom. The monoisotopic (exact) mass is 319 g/mol. The van der Waals surface area contributed by atoms with Gasteiger partial charge >= 0.3 is 6.03 Å². The number of hydrogen-bond acceptors (Lipinski definition) is 5. The molecular weight excluding hydrogens is 298 g/mol. The molecule has 22 heavy (non-hydrogen) atoms. The fourth-order valence-corrected chi connectivity index (χ4v) is 2.69. The van der Waals surface area contributed by atoms with E-state index >= 15 is 0 Å². The highest BCUT2D eigenvalue weighted by Gasteiger charge is 2.07. The van der Waals surface area contributed by atoms with Crippen molar-refractivity contribution in [1.29, 1.82) is 0 Å². The summed E-state index contributed by atoms with van der Waals surface area (Å²) in [5.41, 5.74) is 3.29. The summed E-state index contributed by atoms with van der Waals surface area (Å²) in [6, 6.07) is 1.75. The van der Waals surface area contributed by atoms with E-state index in [2.05, 4.69) is 20.6 Å². The maximum Gasteiger partial charge on any atom is 0.321 e. The molecule has 0 aliphatic carbocycles. The average molecular weight is 319 g/mol. The Morgan fingerprint density at radius 3 is 2.95 bits per heavy atom. The molecule has 6 nitrogen and oxygen atoms in total. The molecule has 2 amide bonds. The average Bonchev–Trinajstić information content (AvgIpc) is 2.87. The molecule has 2 heterocycles. The first-order valence-corrected chi connectivity index (χ1v) is 7.96. The van der Waals surface area contributed by atoms with E-state index in [4.69, 9.17) is 0 Å². The number of thiazole rings is 1. The number of aromatic nitrogens is 2. The zero-order chi connectivity index (χ0) is 15.9. The first kappa shape index (κ1) is 16.4. The van der Waals surface area contributed by atoms with Crippen LogP contribution in [0.1, 0.15) is 16.8 Å². The second-order valence-corrected chi connectivity index (χ2v) is 6.17. The molecule has 0 atom stereocenters. The van der Waals surface area contributed by atoms with Crippen molar-refractivity contribution in [3.63, 3.8) is 0 Å². The van der Waals surface area contributed by atoms with Gasteiger partial charge in [0.1, 0.15) is 0 Å². The van der Waals surface area contributed by atoms with Gasteiger partial charge in [-0.05, 0) is 44.6 Å². The number of anilines is 1. The Labute approximate surface area is 134 Å². The smallest absolute Gasteiger partial charge is 0.321 e. The summed E-state index contributed by atoms with van der Waals surface area (Å²) in [6.07, 6.45) is 4.38. The van der Waals surface area contributed by atoms with E-state index in [-0.39, 0.29) is 6.03 Å². The zero-order valence-electron chi connectivity index (χ0n) is 13.1. The first-order valence-electron chi connectivity index (χ1n) is 7.08. The normalized spacial score (nSPS) is 10.7. The van der Waals surface area contributed by atoms with E-state index in [1.807, 2.05) is 43.6 Å². The van der Waals surface area contributed by atoms with E-state index in [1.54, 1.807) is 6.20 Å². The van der Waals surface area contributed by atoms with E-state index in [1.165, 1.54) is 16.9 Å². The Hall–Kier alpha value is -1.99. The van der Waals surface area contributed by atoms with Crippen molar-refractivity contribution in [2.75, 3.05) is 26.0 Å². The highest BCUT2D eigenvalue weighted by molar-refractivity contribution is 7.13. The molecule has 0 saturated heterocycles. The molecule has 0 bridgehead atoms. The lowest BCUT2D eigenvalue weighted by Gasteiger charge is -2.07. The fourth-order valence-electron chi connectivity index (χ4n) is 2.00. The van der Waals surface area contributed by atoms with Crippen molar-refractivity contribution in [2.45, 2.75) is 19.9 Å². The molecule has 0 aliphatic heterocycles. The second-order valence-electron chi connectivity index (χ2n) is 5.31. The van der Waals surface area contributed by atoms with E-state index in [9.17, 15) is 4.79 Å². The maximum absolute atomic E-state index is 11.8. The van der Waals surface area contributed by atoms with Crippen LogP contribution >= 0.6 is 11.3 Å². The molecule has 2 aromatic rings. The third-order valence-corrected chi connectivity index (χ3v) is 3.87. The van der Waals surface area contributed by atoms with Gasteiger partial charge in [-0.2, -0.15) is 0 Å². The number of urea groups is 1. The van der Waals surface area contributed by atoms with E-state index in [0.29, 0.717) is 11.7 Å². The van der Waals surface area contributed by atoms with Crippen LogP contribution in [0.2, 0.25) is 0 Å². The molecule has 2 aromatic heterocycles. The van der Waals surface area contributed by atoms with E-state index in [0.717, 1.165) is 24.2 Å². The molecule has 0 radical (unpaired) electrons. The predicted molar refractivity (Wildman–Crippen MR) is 89.2 cm³/mol. The summed E-state index contributed by atoms with van der Waals surface area (Å²) in [5, 5.41) is 8.18. The summed E-state index contributed by atoms with van der Waals surface area (Å²) in [5.74, 6) is 0. The molecule has 118 valence electrons. The van der Waals surface area contributed by atoms with Crippen molar-refractivity contribution < 1.29 is 4.79 Å². The van der Waals surface area contributed by atoms with Crippen LogP contribution < -0.4 is 10.6 Å². The number of nitrogens with one attached hydrogen (secondary N) is 2. The van der Waals surface area contributed by atoms with Crippen LogP contribution in [0.25, 0.3) is 0 Å². The van der Waals surface area contributed by atoms with Crippen molar-refractivity contribution in [3.8, 4) is 0 Å². The van der Waals surface area contributed by atoms with Gasteiger partial charge in [0, 0.05) is 30.9 Å². The Kier molecular flexibility index (Phi) is 5.85. The summed E-state index contributed by atoms with van der Waals surface area (Å²) in [4.78, 5) is 22.3. The van der Waals surface area contributed by atoms with Gasteiger partial charge in [0.05, 0.1) is 5.69 Å². The van der Waals surface area contributed by atoms with Gasteiger partial charge in [-0.1, -0.05) is 0 Å². The number of aryl methyl sites for hydroxylation is 1. The van der Waals surface area contributed by atoms with Crippen LogP contribution in [0.4, 0.5) is 9.93 Å². The van der Waals surface area contributed by atoms with Crippen LogP contribution in [0, 0.1) is 6.92 Å². The summed E-state index contributed by atoms with van der Waals surface area (Å²) >= 11 is 1.43. The molecule has 0 aromatic carbocycles.